The van der Waals surface area contributed by atoms with E-state index in [0.717, 1.165) is 25.9 Å². The van der Waals surface area contributed by atoms with Crippen LogP contribution in [0.5, 0.6) is 0 Å². The Morgan fingerprint density at radius 1 is 1.43 bits per heavy atom. The van der Waals surface area contributed by atoms with Crippen molar-refractivity contribution >= 4 is 9.73 Å². The average molecular weight is 218 g/mol. The molecule has 1 unspecified atom stereocenters. The SMILES string of the molecule is CCS(=N)(=O)C1CCN(C(C)C)CC1. The summed E-state index contributed by atoms with van der Waals surface area (Å²) in [4.78, 5) is 2.40. The van der Waals surface area contributed by atoms with Gasteiger partial charge in [0.05, 0.1) is 0 Å². The molecule has 0 aliphatic carbocycles. The number of nitrogens with one attached hydrogen (secondary N) is 1. The van der Waals surface area contributed by atoms with Crippen LogP contribution in [-0.2, 0) is 9.73 Å². The molecule has 0 radical (unpaired) electrons. The van der Waals surface area contributed by atoms with E-state index in [9.17, 15) is 4.21 Å². The van der Waals surface area contributed by atoms with E-state index in [1.54, 1.807) is 0 Å². The summed E-state index contributed by atoms with van der Waals surface area (Å²) in [5.74, 6) is 0.513. The van der Waals surface area contributed by atoms with Gasteiger partial charge in [0.2, 0.25) is 0 Å². The molecule has 14 heavy (non-hydrogen) atoms. The summed E-state index contributed by atoms with van der Waals surface area (Å²) >= 11 is 0. The Morgan fingerprint density at radius 3 is 2.29 bits per heavy atom. The van der Waals surface area contributed by atoms with Gasteiger partial charge in [-0.15, -0.1) is 0 Å². The summed E-state index contributed by atoms with van der Waals surface area (Å²) in [6, 6.07) is 0.583. The van der Waals surface area contributed by atoms with Gasteiger partial charge < -0.3 is 4.90 Å². The molecule has 0 amide bonds. The summed E-state index contributed by atoms with van der Waals surface area (Å²) < 4.78 is 19.6. The van der Waals surface area contributed by atoms with Crippen LogP contribution in [0.1, 0.15) is 33.6 Å². The van der Waals surface area contributed by atoms with Crippen LogP contribution in [0.3, 0.4) is 0 Å². The van der Waals surface area contributed by atoms with Crippen LogP contribution >= 0.6 is 0 Å². The molecule has 0 saturated carbocycles. The van der Waals surface area contributed by atoms with Crippen molar-refractivity contribution in [1.29, 1.82) is 4.78 Å². The highest BCUT2D eigenvalue weighted by Gasteiger charge is 2.26. The summed E-state index contributed by atoms with van der Waals surface area (Å²) in [5, 5.41) is 0.141. The quantitative estimate of drug-likeness (QED) is 0.786. The van der Waals surface area contributed by atoms with E-state index >= 15 is 0 Å². The molecule has 1 saturated heterocycles. The van der Waals surface area contributed by atoms with Gasteiger partial charge in [0.1, 0.15) is 0 Å². The van der Waals surface area contributed by atoms with Crippen molar-refractivity contribution in [3.8, 4) is 0 Å². The van der Waals surface area contributed by atoms with E-state index in [1.807, 2.05) is 6.92 Å². The van der Waals surface area contributed by atoms with Crippen molar-refractivity contribution in [1.82, 2.24) is 4.90 Å². The molecule has 3 nitrogen and oxygen atoms in total. The first-order valence-electron chi connectivity index (χ1n) is 5.46. The van der Waals surface area contributed by atoms with Gasteiger partial charge in [0.15, 0.2) is 0 Å². The van der Waals surface area contributed by atoms with Crippen molar-refractivity contribution in [2.45, 2.75) is 44.9 Å². The molecule has 0 aromatic heterocycles. The standard InChI is InChI=1S/C10H22N2OS/c1-4-14(11,13)10-5-7-12(8-6-10)9(2)3/h9-11H,4-8H2,1-3H3. The molecule has 1 N–H and O–H groups in total. The van der Waals surface area contributed by atoms with Crippen molar-refractivity contribution in [3.05, 3.63) is 0 Å². The third-order valence-electron chi connectivity index (χ3n) is 3.17. The lowest BCUT2D eigenvalue weighted by Crippen LogP contribution is -2.42. The van der Waals surface area contributed by atoms with E-state index in [4.69, 9.17) is 4.78 Å². The zero-order valence-electron chi connectivity index (χ0n) is 9.45. The first-order valence-corrected chi connectivity index (χ1v) is 7.25. The van der Waals surface area contributed by atoms with Crippen molar-refractivity contribution in [3.63, 3.8) is 0 Å². The van der Waals surface area contributed by atoms with Crippen LogP contribution in [-0.4, -0.2) is 39.2 Å². The molecule has 84 valence electrons. The van der Waals surface area contributed by atoms with Crippen LogP contribution in [0, 0.1) is 4.78 Å². The smallest absolute Gasteiger partial charge is 0.0468 e. The minimum absolute atomic E-state index is 0.141. The molecule has 0 bridgehead atoms. The number of hydrogen-bond acceptors (Lipinski definition) is 3. The Hall–Kier alpha value is -0.0900. The molecule has 1 atom stereocenters. The van der Waals surface area contributed by atoms with E-state index in [-0.39, 0.29) is 5.25 Å². The van der Waals surface area contributed by atoms with Gasteiger partial charge in [-0.05, 0) is 39.8 Å². The lowest BCUT2D eigenvalue weighted by molar-refractivity contribution is 0.187. The van der Waals surface area contributed by atoms with Crippen molar-refractivity contribution in [2.75, 3.05) is 18.8 Å². The minimum atomic E-state index is -2.30. The van der Waals surface area contributed by atoms with Gasteiger partial charge in [-0.3, -0.25) is 4.78 Å². The second-order valence-electron chi connectivity index (χ2n) is 4.34. The fraction of sp³-hybridized carbons (Fsp3) is 1.00. The molecule has 1 rings (SSSR count). The van der Waals surface area contributed by atoms with Gasteiger partial charge in [-0.25, -0.2) is 4.21 Å². The summed E-state index contributed by atoms with van der Waals surface area (Å²) in [6.45, 7) is 8.27. The third-order valence-corrected chi connectivity index (χ3v) is 5.58. The maximum atomic E-state index is 11.8. The summed E-state index contributed by atoms with van der Waals surface area (Å²) in [7, 11) is -2.30. The Labute approximate surface area is 87.8 Å². The molecule has 0 aromatic carbocycles. The zero-order chi connectivity index (χ0) is 10.8. The van der Waals surface area contributed by atoms with Crippen molar-refractivity contribution in [2.24, 2.45) is 0 Å². The zero-order valence-corrected chi connectivity index (χ0v) is 10.3. The fourth-order valence-electron chi connectivity index (χ4n) is 2.01. The maximum Gasteiger partial charge on any atom is 0.0468 e. The van der Waals surface area contributed by atoms with Crippen LogP contribution in [0.2, 0.25) is 0 Å². The molecule has 1 heterocycles. The van der Waals surface area contributed by atoms with Gasteiger partial charge in [-0.2, -0.15) is 0 Å². The Morgan fingerprint density at radius 2 is 1.93 bits per heavy atom. The molecule has 4 heteroatoms. The van der Waals surface area contributed by atoms with Crippen molar-refractivity contribution < 1.29 is 4.21 Å². The number of nitrogens with zero attached hydrogens (tertiary/aromatic N) is 1. The van der Waals surface area contributed by atoms with Crippen LogP contribution in [0.15, 0.2) is 0 Å². The maximum absolute atomic E-state index is 11.8. The van der Waals surface area contributed by atoms with E-state index < -0.39 is 9.73 Å². The van der Waals surface area contributed by atoms with Crippen LogP contribution < -0.4 is 0 Å². The predicted octanol–water partition coefficient (Wildman–Crippen LogP) is 1.93. The first-order chi connectivity index (χ1) is 6.47. The lowest BCUT2D eigenvalue weighted by atomic mass is 10.1. The Balaban J connectivity index is 2.52. The number of piperidine rings is 1. The van der Waals surface area contributed by atoms with E-state index in [2.05, 4.69) is 18.7 Å². The summed E-state index contributed by atoms with van der Waals surface area (Å²) in [6.07, 6.45) is 1.88. The second-order valence-corrected chi connectivity index (χ2v) is 7.04. The van der Waals surface area contributed by atoms with Gasteiger partial charge >= 0.3 is 0 Å². The third kappa shape index (κ3) is 2.70. The molecular formula is C10H22N2OS. The molecule has 1 aliphatic heterocycles. The summed E-state index contributed by atoms with van der Waals surface area (Å²) in [5.41, 5.74) is 0. The number of rotatable bonds is 3. The molecule has 0 aromatic rings. The Bertz CT molecular complexity index is 264. The highest BCUT2D eigenvalue weighted by molar-refractivity contribution is 7.93. The number of likely N-dealkylation sites (tertiary alicyclic amines) is 1. The monoisotopic (exact) mass is 218 g/mol. The van der Waals surface area contributed by atoms with Gasteiger partial charge in [-0.1, -0.05) is 6.92 Å². The molecular weight excluding hydrogens is 196 g/mol. The number of hydrogen-bond donors (Lipinski definition) is 1. The largest absolute Gasteiger partial charge is 0.301 e. The Kier molecular flexibility index (Phi) is 3.95. The highest BCUT2D eigenvalue weighted by atomic mass is 32.2. The first kappa shape index (κ1) is 12.0. The molecule has 0 spiro atoms. The topological polar surface area (TPSA) is 44.2 Å². The van der Waals surface area contributed by atoms with Crippen LogP contribution in [0.4, 0.5) is 0 Å². The predicted molar refractivity (Wildman–Crippen MR) is 61.1 cm³/mol. The average Bonchev–Trinajstić information content (AvgIpc) is 2.18. The second kappa shape index (κ2) is 4.62. The van der Waals surface area contributed by atoms with Crippen LogP contribution in [0.25, 0.3) is 0 Å². The van der Waals surface area contributed by atoms with Gasteiger partial charge in [0, 0.05) is 26.8 Å². The highest BCUT2D eigenvalue weighted by Crippen LogP contribution is 2.20. The molecule has 1 aliphatic rings. The normalized spacial score (nSPS) is 25.1. The fourth-order valence-corrected chi connectivity index (χ4v) is 3.45. The van der Waals surface area contributed by atoms with E-state index in [1.165, 1.54) is 0 Å². The lowest BCUT2D eigenvalue weighted by Gasteiger charge is -2.35. The van der Waals surface area contributed by atoms with Gasteiger partial charge in [0.25, 0.3) is 0 Å². The minimum Gasteiger partial charge on any atom is -0.301 e. The molecule has 1 fully saturated rings. The van der Waals surface area contributed by atoms with E-state index in [0.29, 0.717) is 11.8 Å².